The molecule has 0 spiro atoms. The Kier molecular flexibility index (Phi) is 10.4. The Morgan fingerprint density at radius 1 is 1.10 bits per heavy atom. The molecule has 0 aromatic heterocycles. The third kappa shape index (κ3) is 7.26. The van der Waals surface area contributed by atoms with Crippen LogP contribution in [0.2, 0.25) is 0 Å². The van der Waals surface area contributed by atoms with Crippen molar-refractivity contribution < 1.29 is 14.3 Å². The van der Waals surface area contributed by atoms with E-state index in [9.17, 15) is 9.59 Å². The number of ether oxygens (including phenoxy) is 1. The lowest BCUT2D eigenvalue weighted by molar-refractivity contribution is -0.134. The molecule has 172 valence electrons. The van der Waals surface area contributed by atoms with E-state index >= 15 is 0 Å². The Morgan fingerprint density at radius 2 is 1.77 bits per heavy atom. The van der Waals surface area contributed by atoms with Crippen LogP contribution < -0.4 is 20.7 Å². The maximum absolute atomic E-state index is 12.6. The van der Waals surface area contributed by atoms with Gasteiger partial charge in [-0.15, -0.1) is 24.0 Å². The second-order valence-electron chi connectivity index (χ2n) is 7.88. The Bertz CT molecular complexity index is 750. The molecular weight excluding hydrogens is 509 g/mol. The Balaban J connectivity index is 0.00000341. The van der Waals surface area contributed by atoms with E-state index in [1.54, 1.807) is 38.4 Å². The van der Waals surface area contributed by atoms with Gasteiger partial charge in [-0.2, -0.15) is 0 Å². The van der Waals surface area contributed by atoms with Crippen molar-refractivity contribution in [2.45, 2.75) is 38.1 Å². The van der Waals surface area contributed by atoms with Gasteiger partial charge in [0, 0.05) is 50.7 Å². The highest BCUT2D eigenvalue weighted by Gasteiger charge is 2.32. The zero-order chi connectivity index (χ0) is 21.3. The van der Waals surface area contributed by atoms with E-state index in [4.69, 9.17) is 4.74 Å². The van der Waals surface area contributed by atoms with Gasteiger partial charge in [-0.05, 0) is 43.5 Å². The second kappa shape index (κ2) is 12.7. The van der Waals surface area contributed by atoms with Crippen LogP contribution in [-0.4, -0.2) is 69.1 Å². The first-order valence-electron chi connectivity index (χ1n) is 10.8. The van der Waals surface area contributed by atoms with Gasteiger partial charge in [-0.1, -0.05) is 12.8 Å². The average Bonchev–Trinajstić information content (AvgIpc) is 3.47. The molecule has 1 atom stereocenters. The molecule has 1 saturated heterocycles. The zero-order valence-corrected chi connectivity index (χ0v) is 20.7. The van der Waals surface area contributed by atoms with Gasteiger partial charge in [0.15, 0.2) is 5.96 Å². The number of benzene rings is 1. The van der Waals surface area contributed by atoms with E-state index < -0.39 is 0 Å². The van der Waals surface area contributed by atoms with Gasteiger partial charge in [-0.25, -0.2) is 0 Å². The van der Waals surface area contributed by atoms with Crippen molar-refractivity contribution in [2.75, 3.05) is 40.3 Å². The molecule has 0 bridgehead atoms. The highest BCUT2D eigenvalue weighted by molar-refractivity contribution is 14.0. The van der Waals surface area contributed by atoms with E-state index in [1.165, 1.54) is 12.8 Å². The Labute approximate surface area is 201 Å². The number of halogens is 1. The minimum atomic E-state index is -0.126. The van der Waals surface area contributed by atoms with Gasteiger partial charge < -0.3 is 25.6 Å². The standard InChI is InChI=1S/C22H33N5O3.HI/c1-23-22(25-13-12-24-20(28)16-7-9-19(30-2)10-8-16)26-18-11-14-27(15-18)21(29)17-5-3-4-6-17;/h7-10,17-18H,3-6,11-15H2,1-2H3,(H,24,28)(H2,23,25,26);1H. The zero-order valence-electron chi connectivity index (χ0n) is 18.4. The summed E-state index contributed by atoms with van der Waals surface area (Å²) in [6.07, 6.45) is 5.36. The maximum Gasteiger partial charge on any atom is 0.251 e. The van der Waals surface area contributed by atoms with Crippen LogP contribution in [0.25, 0.3) is 0 Å². The molecule has 9 heteroatoms. The molecule has 1 aromatic rings. The first kappa shape index (κ1) is 25.2. The van der Waals surface area contributed by atoms with Crippen LogP contribution in [0.15, 0.2) is 29.3 Å². The number of likely N-dealkylation sites (tertiary alicyclic amines) is 1. The minimum Gasteiger partial charge on any atom is -0.497 e. The maximum atomic E-state index is 12.6. The van der Waals surface area contributed by atoms with E-state index in [2.05, 4.69) is 20.9 Å². The largest absolute Gasteiger partial charge is 0.497 e. The quantitative estimate of drug-likeness (QED) is 0.212. The summed E-state index contributed by atoms with van der Waals surface area (Å²) in [4.78, 5) is 31.0. The minimum absolute atomic E-state index is 0. The summed E-state index contributed by atoms with van der Waals surface area (Å²) in [5.41, 5.74) is 0.594. The number of guanidine groups is 1. The fraction of sp³-hybridized carbons (Fsp3) is 0.591. The van der Waals surface area contributed by atoms with Crippen LogP contribution in [0.4, 0.5) is 0 Å². The third-order valence-corrected chi connectivity index (χ3v) is 5.82. The lowest BCUT2D eigenvalue weighted by Crippen LogP contribution is -2.47. The molecule has 1 unspecified atom stereocenters. The highest BCUT2D eigenvalue weighted by atomic mass is 127. The molecule has 2 fully saturated rings. The van der Waals surface area contributed by atoms with Crippen LogP contribution in [0.1, 0.15) is 42.5 Å². The number of carbonyl (C=O) groups is 2. The number of carbonyl (C=O) groups excluding carboxylic acids is 2. The summed E-state index contributed by atoms with van der Waals surface area (Å²) in [6.45, 7) is 2.56. The number of nitrogens with one attached hydrogen (secondary N) is 3. The first-order valence-corrected chi connectivity index (χ1v) is 10.8. The predicted octanol–water partition coefficient (Wildman–Crippen LogP) is 2.00. The van der Waals surface area contributed by atoms with Gasteiger partial charge >= 0.3 is 0 Å². The van der Waals surface area contributed by atoms with Crippen molar-refractivity contribution in [1.82, 2.24) is 20.9 Å². The second-order valence-corrected chi connectivity index (χ2v) is 7.88. The van der Waals surface area contributed by atoms with Crippen LogP contribution in [0.3, 0.4) is 0 Å². The first-order chi connectivity index (χ1) is 14.6. The van der Waals surface area contributed by atoms with Gasteiger partial charge in [0.25, 0.3) is 5.91 Å². The van der Waals surface area contributed by atoms with Crippen LogP contribution >= 0.6 is 24.0 Å². The number of nitrogens with zero attached hydrogens (tertiary/aromatic N) is 2. The number of methoxy groups -OCH3 is 1. The fourth-order valence-corrected chi connectivity index (χ4v) is 4.10. The third-order valence-electron chi connectivity index (χ3n) is 5.82. The number of aliphatic imine (C=N–C) groups is 1. The topological polar surface area (TPSA) is 95.1 Å². The molecule has 2 amide bonds. The average molecular weight is 543 g/mol. The van der Waals surface area contributed by atoms with Crippen molar-refractivity contribution >= 4 is 41.8 Å². The molecule has 1 saturated carbocycles. The van der Waals surface area contributed by atoms with E-state index in [0.29, 0.717) is 30.5 Å². The van der Waals surface area contributed by atoms with E-state index in [1.807, 2.05) is 4.90 Å². The number of hydrogen-bond acceptors (Lipinski definition) is 4. The molecule has 1 aromatic carbocycles. The number of amides is 2. The molecule has 1 aliphatic heterocycles. The van der Waals surface area contributed by atoms with Crippen molar-refractivity contribution in [3.05, 3.63) is 29.8 Å². The Hall–Kier alpha value is -2.04. The highest BCUT2D eigenvalue weighted by Crippen LogP contribution is 2.27. The lowest BCUT2D eigenvalue weighted by atomic mass is 10.1. The molecule has 3 N–H and O–H groups in total. The molecule has 8 nitrogen and oxygen atoms in total. The molecule has 2 aliphatic rings. The molecule has 1 heterocycles. The van der Waals surface area contributed by atoms with Crippen molar-refractivity contribution in [1.29, 1.82) is 0 Å². The summed E-state index contributed by atoms with van der Waals surface area (Å²) in [6, 6.07) is 7.21. The molecule has 1 aliphatic carbocycles. The fourth-order valence-electron chi connectivity index (χ4n) is 4.10. The van der Waals surface area contributed by atoms with Gasteiger partial charge in [0.2, 0.25) is 5.91 Å². The van der Waals surface area contributed by atoms with Gasteiger partial charge in [0.05, 0.1) is 7.11 Å². The van der Waals surface area contributed by atoms with E-state index in [-0.39, 0.29) is 41.8 Å². The van der Waals surface area contributed by atoms with Crippen molar-refractivity contribution in [3.8, 4) is 5.75 Å². The molecular formula is C22H34IN5O3. The monoisotopic (exact) mass is 543 g/mol. The van der Waals surface area contributed by atoms with Gasteiger partial charge in [-0.3, -0.25) is 14.6 Å². The Morgan fingerprint density at radius 3 is 2.42 bits per heavy atom. The summed E-state index contributed by atoms with van der Waals surface area (Å²) < 4.78 is 5.10. The van der Waals surface area contributed by atoms with Crippen LogP contribution in [0.5, 0.6) is 5.75 Å². The number of rotatable bonds is 7. The van der Waals surface area contributed by atoms with Crippen molar-refractivity contribution in [2.24, 2.45) is 10.9 Å². The summed E-state index contributed by atoms with van der Waals surface area (Å²) in [7, 11) is 3.32. The summed E-state index contributed by atoms with van der Waals surface area (Å²) >= 11 is 0. The van der Waals surface area contributed by atoms with E-state index in [0.717, 1.165) is 38.1 Å². The SMILES string of the molecule is CN=C(NCCNC(=O)c1ccc(OC)cc1)NC1CCN(C(=O)C2CCCC2)C1.I. The van der Waals surface area contributed by atoms with Crippen LogP contribution in [-0.2, 0) is 4.79 Å². The predicted molar refractivity (Wildman–Crippen MR) is 132 cm³/mol. The van der Waals surface area contributed by atoms with Crippen molar-refractivity contribution in [3.63, 3.8) is 0 Å². The summed E-state index contributed by atoms with van der Waals surface area (Å²) in [5.74, 6) is 1.84. The van der Waals surface area contributed by atoms with Gasteiger partial charge in [0.1, 0.15) is 5.75 Å². The van der Waals surface area contributed by atoms with Crippen LogP contribution in [0, 0.1) is 5.92 Å². The lowest BCUT2D eigenvalue weighted by Gasteiger charge is -2.21. The normalized spacial score (nSPS) is 19.0. The molecule has 0 radical (unpaired) electrons. The smallest absolute Gasteiger partial charge is 0.251 e. The molecule has 3 rings (SSSR count). The molecule has 31 heavy (non-hydrogen) atoms. The number of hydrogen-bond donors (Lipinski definition) is 3. The summed E-state index contributed by atoms with van der Waals surface area (Å²) in [5, 5.41) is 9.50.